The van der Waals surface area contributed by atoms with Crippen LogP contribution in [0, 0.1) is 11.8 Å². The van der Waals surface area contributed by atoms with Crippen LogP contribution in [0.3, 0.4) is 0 Å². The zero-order chi connectivity index (χ0) is 20.5. The van der Waals surface area contributed by atoms with Gasteiger partial charge in [0.25, 0.3) is 11.8 Å². The van der Waals surface area contributed by atoms with Crippen LogP contribution in [-0.4, -0.2) is 43.6 Å². The number of hydrogen-bond donors (Lipinski definition) is 2. The normalized spacial score (nSPS) is 21.5. The number of amides is 2. The fourth-order valence-corrected chi connectivity index (χ4v) is 3.41. The summed E-state index contributed by atoms with van der Waals surface area (Å²) in [5, 5.41) is 5.44. The lowest BCUT2D eigenvalue weighted by Gasteiger charge is -2.34. The number of esters is 1. The Morgan fingerprint density at radius 1 is 1.14 bits per heavy atom. The van der Waals surface area contributed by atoms with E-state index in [9.17, 15) is 14.4 Å². The van der Waals surface area contributed by atoms with Crippen LogP contribution in [0.1, 0.15) is 50.4 Å². The van der Waals surface area contributed by atoms with Gasteiger partial charge in [0.2, 0.25) is 0 Å². The van der Waals surface area contributed by atoms with Crippen LogP contribution >= 0.6 is 0 Å². The molecule has 3 atom stereocenters. The number of rotatable bonds is 8. The van der Waals surface area contributed by atoms with Gasteiger partial charge >= 0.3 is 5.97 Å². The molecule has 2 amide bonds. The number of carbonyl (C=O) groups is 3. The molecule has 2 N–H and O–H groups in total. The minimum absolute atomic E-state index is 0.115. The van der Waals surface area contributed by atoms with Crippen molar-refractivity contribution in [2.45, 2.75) is 46.1 Å². The highest BCUT2D eigenvalue weighted by Gasteiger charge is 2.28. The van der Waals surface area contributed by atoms with Crippen LogP contribution in [0.15, 0.2) is 24.3 Å². The molecule has 1 aromatic rings. The molecule has 0 unspecified atom stereocenters. The van der Waals surface area contributed by atoms with Crippen LogP contribution in [0.4, 0.5) is 0 Å². The summed E-state index contributed by atoms with van der Waals surface area (Å²) in [5.74, 6) is 0.00536. The molecule has 28 heavy (non-hydrogen) atoms. The summed E-state index contributed by atoms with van der Waals surface area (Å²) >= 11 is 0. The minimum Gasteiger partial charge on any atom is -0.493 e. The van der Waals surface area contributed by atoms with E-state index >= 15 is 0 Å². The van der Waals surface area contributed by atoms with Gasteiger partial charge in [-0.25, -0.2) is 0 Å². The van der Waals surface area contributed by atoms with Gasteiger partial charge in [-0.05, 0) is 37.3 Å². The molecule has 7 heteroatoms. The van der Waals surface area contributed by atoms with Crippen molar-refractivity contribution in [1.82, 2.24) is 10.6 Å². The standard InChI is InChI=1S/C21H30N2O5/c1-4-27-18-11-6-5-9-16(18)21(26)22-12-20(25)28-13-19(24)23-17-10-7-8-14(2)15(17)3/h5-6,9,11,14-15,17H,4,7-8,10,12-13H2,1-3H3,(H,22,26)(H,23,24)/t14-,15+,17-/m1/s1. The minimum atomic E-state index is -0.664. The molecule has 1 aromatic carbocycles. The highest BCUT2D eigenvalue weighted by molar-refractivity contribution is 5.98. The summed E-state index contributed by atoms with van der Waals surface area (Å²) in [4.78, 5) is 36.1. The Hall–Kier alpha value is -2.57. The van der Waals surface area contributed by atoms with Crippen molar-refractivity contribution in [3.63, 3.8) is 0 Å². The highest BCUT2D eigenvalue weighted by Crippen LogP contribution is 2.29. The zero-order valence-electron chi connectivity index (χ0n) is 16.8. The van der Waals surface area contributed by atoms with Gasteiger partial charge in [0.15, 0.2) is 6.61 Å². The maximum atomic E-state index is 12.2. The van der Waals surface area contributed by atoms with Crippen LogP contribution in [0.25, 0.3) is 0 Å². The van der Waals surface area contributed by atoms with E-state index in [2.05, 4.69) is 24.5 Å². The van der Waals surface area contributed by atoms with E-state index in [1.165, 1.54) is 6.42 Å². The van der Waals surface area contributed by atoms with Crippen LogP contribution < -0.4 is 15.4 Å². The Balaban J connectivity index is 1.74. The quantitative estimate of drug-likeness (QED) is 0.665. The SMILES string of the molecule is CCOc1ccccc1C(=O)NCC(=O)OCC(=O)N[C@@H]1CCC[C@@H](C)[C@@H]1C. The number of hydrogen-bond acceptors (Lipinski definition) is 5. The molecule has 2 rings (SSSR count). The second kappa shape index (κ2) is 10.7. The molecule has 0 spiro atoms. The van der Waals surface area contributed by atoms with Crippen molar-refractivity contribution in [1.29, 1.82) is 0 Å². The van der Waals surface area contributed by atoms with Gasteiger partial charge < -0.3 is 20.1 Å². The Bertz CT molecular complexity index is 691. The first-order valence-corrected chi connectivity index (χ1v) is 9.87. The Morgan fingerprint density at radius 3 is 2.64 bits per heavy atom. The second-order valence-electron chi connectivity index (χ2n) is 7.21. The van der Waals surface area contributed by atoms with Crippen molar-refractivity contribution < 1.29 is 23.9 Å². The number of para-hydroxylation sites is 1. The molecule has 7 nitrogen and oxygen atoms in total. The summed E-state index contributed by atoms with van der Waals surface area (Å²) in [7, 11) is 0. The number of ether oxygens (including phenoxy) is 2. The summed E-state index contributed by atoms with van der Waals surface area (Å²) in [6.07, 6.45) is 3.21. The number of carbonyl (C=O) groups excluding carboxylic acids is 3. The van der Waals surface area contributed by atoms with E-state index in [1.54, 1.807) is 24.3 Å². The molecule has 1 saturated carbocycles. The molecule has 0 radical (unpaired) electrons. The van der Waals surface area contributed by atoms with E-state index in [0.717, 1.165) is 12.8 Å². The summed E-state index contributed by atoms with van der Waals surface area (Å²) in [6.45, 7) is 5.92. The van der Waals surface area contributed by atoms with Crippen molar-refractivity contribution in [2.24, 2.45) is 11.8 Å². The highest BCUT2D eigenvalue weighted by atomic mass is 16.5. The number of benzene rings is 1. The first kappa shape index (κ1) is 21.7. The summed E-state index contributed by atoms with van der Waals surface area (Å²) in [6, 6.07) is 6.90. The van der Waals surface area contributed by atoms with E-state index in [0.29, 0.717) is 29.8 Å². The van der Waals surface area contributed by atoms with Crippen LogP contribution in [0.2, 0.25) is 0 Å². The topological polar surface area (TPSA) is 93.7 Å². The lowest BCUT2D eigenvalue weighted by Crippen LogP contribution is -2.45. The Kier molecular flexibility index (Phi) is 8.29. The molecule has 154 valence electrons. The van der Waals surface area contributed by atoms with E-state index in [4.69, 9.17) is 9.47 Å². The third-order valence-electron chi connectivity index (χ3n) is 5.24. The van der Waals surface area contributed by atoms with Gasteiger partial charge in [-0.1, -0.05) is 38.8 Å². The molecule has 0 aromatic heterocycles. The maximum absolute atomic E-state index is 12.2. The largest absolute Gasteiger partial charge is 0.493 e. The first-order valence-electron chi connectivity index (χ1n) is 9.87. The zero-order valence-corrected chi connectivity index (χ0v) is 16.8. The predicted molar refractivity (Wildman–Crippen MR) is 105 cm³/mol. The average Bonchev–Trinajstić information content (AvgIpc) is 2.68. The van der Waals surface area contributed by atoms with Gasteiger partial charge in [0.05, 0.1) is 12.2 Å². The van der Waals surface area contributed by atoms with Crippen molar-refractivity contribution in [3.05, 3.63) is 29.8 Å². The Labute approximate surface area is 166 Å². The fourth-order valence-electron chi connectivity index (χ4n) is 3.41. The molecule has 0 bridgehead atoms. The second-order valence-corrected chi connectivity index (χ2v) is 7.21. The molecular formula is C21H30N2O5. The number of nitrogens with one attached hydrogen (secondary N) is 2. The summed E-state index contributed by atoms with van der Waals surface area (Å²) < 4.78 is 10.4. The lowest BCUT2D eigenvalue weighted by atomic mass is 9.78. The summed E-state index contributed by atoms with van der Waals surface area (Å²) in [5.41, 5.74) is 0.343. The van der Waals surface area contributed by atoms with Gasteiger partial charge in [-0.15, -0.1) is 0 Å². The smallest absolute Gasteiger partial charge is 0.325 e. The average molecular weight is 390 g/mol. The molecule has 0 saturated heterocycles. The van der Waals surface area contributed by atoms with Gasteiger partial charge in [0, 0.05) is 6.04 Å². The maximum Gasteiger partial charge on any atom is 0.325 e. The molecule has 0 heterocycles. The molecular weight excluding hydrogens is 360 g/mol. The fraction of sp³-hybridized carbons (Fsp3) is 0.571. The molecule has 1 fully saturated rings. The van der Waals surface area contributed by atoms with Crippen LogP contribution in [0.5, 0.6) is 5.75 Å². The van der Waals surface area contributed by atoms with Gasteiger partial charge in [-0.3, -0.25) is 14.4 Å². The van der Waals surface area contributed by atoms with E-state index < -0.39 is 11.9 Å². The van der Waals surface area contributed by atoms with Gasteiger partial charge in [-0.2, -0.15) is 0 Å². The Morgan fingerprint density at radius 2 is 1.89 bits per heavy atom. The molecule has 1 aliphatic carbocycles. The monoisotopic (exact) mass is 390 g/mol. The van der Waals surface area contributed by atoms with Crippen LogP contribution in [-0.2, 0) is 14.3 Å². The van der Waals surface area contributed by atoms with Crippen molar-refractivity contribution >= 4 is 17.8 Å². The first-order chi connectivity index (χ1) is 13.4. The van der Waals surface area contributed by atoms with Gasteiger partial charge in [0.1, 0.15) is 12.3 Å². The molecule has 0 aliphatic heterocycles. The third kappa shape index (κ3) is 6.25. The third-order valence-corrected chi connectivity index (χ3v) is 5.24. The van der Waals surface area contributed by atoms with E-state index in [1.807, 2.05) is 6.92 Å². The van der Waals surface area contributed by atoms with Crippen molar-refractivity contribution in [2.75, 3.05) is 19.8 Å². The van der Waals surface area contributed by atoms with E-state index in [-0.39, 0.29) is 25.1 Å². The lowest BCUT2D eigenvalue weighted by molar-refractivity contribution is -0.147. The predicted octanol–water partition coefficient (Wildman–Crippen LogP) is 2.30. The van der Waals surface area contributed by atoms with Crippen molar-refractivity contribution in [3.8, 4) is 5.75 Å². The molecule has 1 aliphatic rings.